The van der Waals surface area contributed by atoms with Gasteiger partial charge in [-0.1, -0.05) is 18.1 Å². The number of ether oxygens (including phenoxy) is 1. The summed E-state index contributed by atoms with van der Waals surface area (Å²) in [6.45, 7) is 2.87. The summed E-state index contributed by atoms with van der Waals surface area (Å²) < 4.78 is 5.70. The van der Waals surface area contributed by atoms with Crippen LogP contribution in [0.1, 0.15) is 39.0 Å². The molecule has 1 fully saturated rings. The van der Waals surface area contributed by atoms with Crippen molar-refractivity contribution in [3.05, 3.63) is 0 Å². The van der Waals surface area contributed by atoms with Crippen molar-refractivity contribution in [3.63, 3.8) is 0 Å². The van der Waals surface area contributed by atoms with E-state index >= 15 is 0 Å². The lowest BCUT2D eigenvalue weighted by molar-refractivity contribution is 0.0389. The number of fused-ring (bicyclic) bond motifs is 1. The minimum Gasteiger partial charge on any atom is -0.378 e. The zero-order valence-corrected chi connectivity index (χ0v) is 8.78. The monoisotopic (exact) mass is 197 g/mol. The van der Waals surface area contributed by atoms with Gasteiger partial charge in [0.2, 0.25) is 0 Å². The lowest BCUT2D eigenvalue weighted by atomic mass is 9.92. The van der Waals surface area contributed by atoms with E-state index in [0.29, 0.717) is 18.2 Å². The molecule has 1 aliphatic heterocycles. The van der Waals surface area contributed by atoms with Crippen LogP contribution in [0, 0.1) is 0 Å². The van der Waals surface area contributed by atoms with Crippen LogP contribution in [0.5, 0.6) is 0 Å². The first kappa shape index (κ1) is 9.90. The van der Waals surface area contributed by atoms with Crippen molar-refractivity contribution < 1.29 is 4.74 Å². The summed E-state index contributed by atoms with van der Waals surface area (Å²) in [4.78, 5) is 0. The highest BCUT2D eigenvalue weighted by molar-refractivity contribution is 4.87. The molecular formula is C10H19N3O. The summed E-state index contributed by atoms with van der Waals surface area (Å²) in [7, 11) is 0. The molecule has 0 radical (unpaired) electrons. The Morgan fingerprint density at radius 3 is 3.07 bits per heavy atom. The van der Waals surface area contributed by atoms with Crippen molar-refractivity contribution in [1.82, 2.24) is 5.43 Å². The molecular weight excluding hydrogens is 178 g/mol. The van der Waals surface area contributed by atoms with E-state index in [4.69, 9.17) is 4.74 Å². The molecule has 0 aromatic rings. The van der Waals surface area contributed by atoms with Gasteiger partial charge < -0.3 is 4.74 Å². The topological polar surface area (TPSA) is 46.0 Å². The summed E-state index contributed by atoms with van der Waals surface area (Å²) in [6, 6.07) is 0.824. The van der Waals surface area contributed by atoms with Crippen LogP contribution in [0.4, 0.5) is 0 Å². The van der Waals surface area contributed by atoms with Crippen molar-refractivity contribution in [2.24, 2.45) is 10.3 Å². The maximum Gasteiger partial charge on any atom is 0.0971 e. The zero-order valence-electron chi connectivity index (χ0n) is 8.78. The van der Waals surface area contributed by atoms with E-state index in [1.165, 1.54) is 25.7 Å². The molecule has 0 aromatic carbocycles. The quantitative estimate of drug-likeness (QED) is 0.736. The zero-order chi connectivity index (χ0) is 9.80. The molecule has 3 atom stereocenters. The molecule has 2 aliphatic rings. The molecule has 0 spiro atoms. The predicted octanol–water partition coefficient (Wildman–Crippen LogP) is 2.06. The maximum absolute atomic E-state index is 5.70. The molecule has 2 rings (SSSR count). The molecule has 1 N–H and O–H groups in total. The highest BCUT2D eigenvalue weighted by Crippen LogP contribution is 2.25. The Kier molecular flexibility index (Phi) is 3.35. The Hall–Kier alpha value is -0.640. The molecule has 0 saturated heterocycles. The fourth-order valence-corrected chi connectivity index (χ4v) is 2.33. The summed E-state index contributed by atoms with van der Waals surface area (Å²) in [6.07, 6.45) is 6.36. The molecule has 0 bridgehead atoms. The minimum atomic E-state index is 0.354. The largest absolute Gasteiger partial charge is 0.378 e. The molecule has 0 aromatic heterocycles. The normalized spacial score (nSPS) is 37.1. The SMILES string of the molecule is CCOC1CCCCC2NN=NC2C1. The molecule has 14 heavy (non-hydrogen) atoms. The first-order valence-corrected chi connectivity index (χ1v) is 5.67. The van der Waals surface area contributed by atoms with Crippen LogP contribution >= 0.6 is 0 Å². The van der Waals surface area contributed by atoms with E-state index in [2.05, 4.69) is 22.7 Å². The Balaban J connectivity index is 1.92. The van der Waals surface area contributed by atoms with Crippen molar-refractivity contribution >= 4 is 0 Å². The summed E-state index contributed by atoms with van der Waals surface area (Å²) in [5, 5.41) is 8.15. The van der Waals surface area contributed by atoms with Gasteiger partial charge in [-0.25, -0.2) is 0 Å². The fourth-order valence-electron chi connectivity index (χ4n) is 2.33. The second-order valence-electron chi connectivity index (χ2n) is 4.12. The average molecular weight is 197 g/mol. The van der Waals surface area contributed by atoms with Crippen LogP contribution < -0.4 is 5.43 Å². The second kappa shape index (κ2) is 4.73. The van der Waals surface area contributed by atoms with Crippen LogP contribution in [-0.2, 0) is 4.74 Å². The Morgan fingerprint density at radius 1 is 1.36 bits per heavy atom. The van der Waals surface area contributed by atoms with Crippen molar-refractivity contribution in [2.45, 2.75) is 57.2 Å². The first-order valence-electron chi connectivity index (χ1n) is 5.67. The van der Waals surface area contributed by atoms with Crippen LogP contribution in [0.3, 0.4) is 0 Å². The molecule has 3 unspecified atom stereocenters. The van der Waals surface area contributed by atoms with Crippen LogP contribution in [0.15, 0.2) is 10.3 Å². The van der Waals surface area contributed by atoms with E-state index < -0.39 is 0 Å². The van der Waals surface area contributed by atoms with Crippen LogP contribution in [0.2, 0.25) is 0 Å². The Morgan fingerprint density at radius 2 is 2.21 bits per heavy atom. The summed E-state index contributed by atoms with van der Waals surface area (Å²) >= 11 is 0. The first-order chi connectivity index (χ1) is 6.90. The van der Waals surface area contributed by atoms with Gasteiger partial charge in [-0.15, -0.1) is 0 Å². The van der Waals surface area contributed by atoms with E-state index in [1.54, 1.807) is 0 Å². The Bertz CT molecular complexity index is 208. The van der Waals surface area contributed by atoms with Gasteiger partial charge in [0.15, 0.2) is 0 Å². The molecule has 1 heterocycles. The van der Waals surface area contributed by atoms with Crippen molar-refractivity contribution in [1.29, 1.82) is 0 Å². The fraction of sp³-hybridized carbons (Fsp3) is 1.00. The van der Waals surface area contributed by atoms with Gasteiger partial charge in [-0.05, 0) is 26.2 Å². The van der Waals surface area contributed by atoms with Gasteiger partial charge in [0.25, 0.3) is 0 Å². The number of hydrogen-bond donors (Lipinski definition) is 1. The third-order valence-corrected chi connectivity index (χ3v) is 3.09. The number of nitrogens with one attached hydrogen (secondary N) is 1. The van der Waals surface area contributed by atoms with Gasteiger partial charge in [0.1, 0.15) is 0 Å². The van der Waals surface area contributed by atoms with E-state index in [0.717, 1.165) is 13.0 Å². The number of nitrogens with zero attached hydrogens (tertiary/aromatic N) is 2. The lowest BCUT2D eigenvalue weighted by Crippen LogP contribution is -2.35. The van der Waals surface area contributed by atoms with E-state index in [-0.39, 0.29) is 0 Å². The predicted molar refractivity (Wildman–Crippen MR) is 54.1 cm³/mol. The highest BCUT2D eigenvalue weighted by atomic mass is 16.5. The van der Waals surface area contributed by atoms with E-state index in [1.807, 2.05) is 0 Å². The smallest absolute Gasteiger partial charge is 0.0971 e. The second-order valence-corrected chi connectivity index (χ2v) is 4.12. The van der Waals surface area contributed by atoms with Gasteiger partial charge in [0, 0.05) is 6.61 Å². The van der Waals surface area contributed by atoms with Crippen LogP contribution in [0.25, 0.3) is 0 Å². The van der Waals surface area contributed by atoms with E-state index in [9.17, 15) is 0 Å². The third kappa shape index (κ3) is 2.23. The molecule has 1 saturated carbocycles. The lowest BCUT2D eigenvalue weighted by Gasteiger charge is -2.25. The van der Waals surface area contributed by atoms with Crippen molar-refractivity contribution in [2.75, 3.05) is 6.61 Å². The van der Waals surface area contributed by atoms with Crippen LogP contribution in [-0.4, -0.2) is 24.8 Å². The van der Waals surface area contributed by atoms with Gasteiger partial charge in [-0.3, -0.25) is 5.43 Å². The summed E-state index contributed by atoms with van der Waals surface area (Å²) in [5.74, 6) is 0. The number of hydrogen-bond acceptors (Lipinski definition) is 4. The molecule has 4 nitrogen and oxygen atoms in total. The van der Waals surface area contributed by atoms with Gasteiger partial charge >= 0.3 is 0 Å². The molecule has 4 heteroatoms. The number of rotatable bonds is 2. The van der Waals surface area contributed by atoms with Gasteiger partial charge in [-0.2, -0.15) is 5.11 Å². The minimum absolute atomic E-state index is 0.354. The van der Waals surface area contributed by atoms with Crippen molar-refractivity contribution in [3.8, 4) is 0 Å². The molecule has 0 amide bonds. The molecule has 1 aliphatic carbocycles. The maximum atomic E-state index is 5.70. The Labute approximate surface area is 85.1 Å². The standard InChI is InChI=1S/C10H19N3O/c1-2-14-8-5-3-4-6-9-10(7-8)12-13-11-9/h8-10H,2-7H2,1H3,(H,11,12). The van der Waals surface area contributed by atoms with Gasteiger partial charge in [0.05, 0.1) is 18.2 Å². The summed E-state index contributed by atoms with van der Waals surface area (Å²) in [5.41, 5.74) is 3.09. The molecule has 80 valence electrons. The third-order valence-electron chi connectivity index (χ3n) is 3.09. The average Bonchev–Trinajstić information content (AvgIpc) is 2.55. The highest BCUT2D eigenvalue weighted by Gasteiger charge is 2.29.